The number of hydrogen-bond acceptors (Lipinski definition) is 2. The highest BCUT2D eigenvalue weighted by Gasteiger charge is 2.33. The van der Waals surface area contributed by atoms with Crippen molar-refractivity contribution < 1.29 is 23.1 Å². The molecule has 1 aliphatic rings. The van der Waals surface area contributed by atoms with Gasteiger partial charge in [-0.25, -0.2) is 0 Å². The van der Waals surface area contributed by atoms with E-state index >= 15 is 0 Å². The molecule has 0 bridgehead atoms. The number of rotatable bonds is 3. The van der Waals surface area contributed by atoms with E-state index in [2.05, 4.69) is 0 Å². The number of hydrogen-bond donors (Lipinski definition) is 1. The number of carboxylic acids is 1. The Kier molecular flexibility index (Phi) is 4.62. The fourth-order valence-electron chi connectivity index (χ4n) is 2.52. The van der Waals surface area contributed by atoms with E-state index in [-0.39, 0.29) is 5.92 Å². The molecule has 1 N–H and O–H groups in total. The molecule has 2 unspecified atom stereocenters. The number of thioether (sulfide) groups is 1. The van der Waals surface area contributed by atoms with Crippen LogP contribution >= 0.6 is 11.8 Å². The lowest BCUT2D eigenvalue weighted by Crippen LogP contribution is -2.26. The molecule has 0 saturated carbocycles. The zero-order chi connectivity index (χ0) is 14.8. The van der Waals surface area contributed by atoms with Gasteiger partial charge in [-0.2, -0.15) is 24.9 Å². The van der Waals surface area contributed by atoms with Gasteiger partial charge in [-0.3, -0.25) is 4.79 Å². The fourth-order valence-corrected chi connectivity index (χ4v) is 3.72. The molecule has 0 aromatic heterocycles. The molecule has 0 radical (unpaired) electrons. The average Bonchev–Trinajstić information content (AvgIpc) is 2.39. The van der Waals surface area contributed by atoms with Crippen molar-refractivity contribution >= 4 is 17.7 Å². The molecule has 110 valence electrons. The lowest BCUT2D eigenvalue weighted by atomic mass is 9.84. The van der Waals surface area contributed by atoms with Gasteiger partial charge in [0.15, 0.2) is 0 Å². The minimum absolute atomic E-state index is 0.0111. The third kappa shape index (κ3) is 3.48. The van der Waals surface area contributed by atoms with Gasteiger partial charge < -0.3 is 5.11 Å². The summed E-state index contributed by atoms with van der Waals surface area (Å²) in [5.74, 6) is 0.0822. The second-order valence-electron chi connectivity index (χ2n) is 4.91. The molecule has 1 aliphatic heterocycles. The van der Waals surface area contributed by atoms with Gasteiger partial charge in [0.25, 0.3) is 0 Å². The summed E-state index contributed by atoms with van der Waals surface area (Å²) in [6.45, 7) is 0. The molecule has 6 heteroatoms. The molecule has 1 fully saturated rings. The largest absolute Gasteiger partial charge is 0.481 e. The van der Waals surface area contributed by atoms with E-state index < -0.39 is 23.6 Å². The van der Waals surface area contributed by atoms with Crippen molar-refractivity contribution in [1.82, 2.24) is 0 Å². The Balaban J connectivity index is 2.23. The predicted molar refractivity (Wildman–Crippen MR) is 71.9 cm³/mol. The Morgan fingerprint density at radius 3 is 2.40 bits per heavy atom. The summed E-state index contributed by atoms with van der Waals surface area (Å²) in [6.07, 6.45) is -2.62. The maximum Gasteiger partial charge on any atom is 0.416 e. The number of halogens is 3. The third-order valence-electron chi connectivity index (χ3n) is 3.53. The number of alkyl halides is 3. The molecule has 2 nitrogen and oxygen atoms in total. The standard InChI is InChI=1S/C14H15F3O2S/c15-14(16,17)11-5-3-9(4-6-11)12(13(18)19)10-2-1-7-20-8-10/h3-6,10,12H,1-2,7-8H2,(H,18,19). The number of carboxylic acid groups (broad SMARTS) is 1. The van der Waals surface area contributed by atoms with E-state index in [1.54, 1.807) is 11.8 Å². The number of aliphatic carboxylic acids is 1. The molecule has 0 amide bonds. The first kappa shape index (κ1) is 15.2. The van der Waals surface area contributed by atoms with Gasteiger partial charge in [-0.15, -0.1) is 0 Å². The van der Waals surface area contributed by atoms with E-state index in [4.69, 9.17) is 0 Å². The summed E-state index contributed by atoms with van der Waals surface area (Å²) in [7, 11) is 0. The highest BCUT2D eigenvalue weighted by molar-refractivity contribution is 7.99. The molecular weight excluding hydrogens is 289 g/mol. The topological polar surface area (TPSA) is 37.3 Å². The Bertz CT molecular complexity index is 464. The van der Waals surface area contributed by atoms with Crippen LogP contribution in [0.1, 0.15) is 29.9 Å². The van der Waals surface area contributed by atoms with Crippen LogP contribution in [0.15, 0.2) is 24.3 Å². The second kappa shape index (κ2) is 6.08. The van der Waals surface area contributed by atoms with Gasteiger partial charge in [-0.05, 0) is 48.0 Å². The van der Waals surface area contributed by atoms with Crippen LogP contribution in [-0.4, -0.2) is 22.6 Å². The number of carbonyl (C=O) groups is 1. The zero-order valence-corrected chi connectivity index (χ0v) is 11.5. The molecule has 1 aromatic rings. The Morgan fingerprint density at radius 2 is 1.95 bits per heavy atom. The van der Waals surface area contributed by atoms with E-state index in [1.165, 1.54) is 12.1 Å². The molecule has 1 saturated heterocycles. The van der Waals surface area contributed by atoms with E-state index in [1.807, 2.05) is 0 Å². The summed E-state index contributed by atoms with van der Waals surface area (Å²) >= 11 is 1.71. The summed E-state index contributed by atoms with van der Waals surface area (Å²) in [5, 5.41) is 9.38. The quantitative estimate of drug-likeness (QED) is 0.916. The van der Waals surface area contributed by atoms with Crippen molar-refractivity contribution in [2.75, 3.05) is 11.5 Å². The molecular formula is C14H15F3O2S. The van der Waals surface area contributed by atoms with Gasteiger partial charge in [0.1, 0.15) is 0 Å². The van der Waals surface area contributed by atoms with Gasteiger partial charge in [0, 0.05) is 0 Å². The fraction of sp³-hybridized carbons (Fsp3) is 0.500. The summed E-state index contributed by atoms with van der Waals surface area (Å²) in [5.41, 5.74) is -0.290. The molecule has 2 atom stereocenters. The first-order valence-electron chi connectivity index (χ1n) is 6.37. The van der Waals surface area contributed by atoms with Crippen molar-refractivity contribution in [3.63, 3.8) is 0 Å². The van der Waals surface area contributed by atoms with Gasteiger partial charge in [0.05, 0.1) is 11.5 Å². The van der Waals surface area contributed by atoms with Crippen LogP contribution in [0.25, 0.3) is 0 Å². The normalized spacial score (nSPS) is 21.4. The minimum atomic E-state index is -4.39. The monoisotopic (exact) mass is 304 g/mol. The van der Waals surface area contributed by atoms with E-state index in [0.29, 0.717) is 5.56 Å². The van der Waals surface area contributed by atoms with Gasteiger partial charge in [-0.1, -0.05) is 12.1 Å². The maximum absolute atomic E-state index is 12.5. The smallest absolute Gasteiger partial charge is 0.416 e. The molecule has 20 heavy (non-hydrogen) atoms. The van der Waals surface area contributed by atoms with Crippen LogP contribution in [0.5, 0.6) is 0 Å². The van der Waals surface area contributed by atoms with E-state index in [0.717, 1.165) is 36.5 Å². The number of benzene rings is 1. The van der Waals surface area contributed by atoms with Crippen molar-refractivity contribution in [2.45, 2.75) is 24.9 Å². The van der Waals surface area contributed by atoms with Crippen LogP contribution in [0.3, 0.4) is 0 Å². The van der Waals surface area contributed by atoms with Crippen LogP contribution in [0.2, 0.25) is 0 Å². The highest BCUT2D eigenvalue weighted by atomic mass is 32.2. The van der Waals surface area contributed by atoms with Crippen molar-refractivity contribution in [3.8, 4) is 0 Å². The Labute approximate surface area is 119 Å². The van der Waals surface area contributed by atoms with Crippen LogP contribution in [0, 0.1) is 5.92 Å². The minimum Gasteiger partial charge on any atom is -0.481 e. The SMILES string of the molecule is O=C(O)C(c1ccc(C(F)(F)F)cc1)C1CCCSC1. The van der Waals surface area contributed by atoms with Gasteiger partial charge >= 0.3 is 12.1 Å². The summed E-state index contributed by atoms with van der Waals surface area (Å²) in [4.78, 5) is 11.4. The van der Waals surface area contributed by atoms with Crippen molar-refractivity contribution in [3.05, 3.63) is 35.4 Å². The first-order chi connectivity index (χ1) is 9.39. The maximum atomic E-state index is 12.5. The van der Waals surface area contributed by atoms with Crippen LogP contribution in [0.4, 0.5) is 13.2 Å². The van der Waals surface area contributed by atoms with Gasteiger partial charge in [0.2, 0.25) is 0 Å². The molecule has 0 aliphatic carbocycles. The summed E-state index contributed by atoms with van der Waals surface area (Å²) in [6, 6.07) is 4.50. The molecule has 1 aromatic carbocycles. The van der Waals surface area contributed by atoms with Crippen molar-refractivity contribution in [2.24, 2.45) is 5.92 Å². The predicted octanol–water partition coefficient (Wildman–Crippen LogP) is 4.02. The van der Waals surface area contributed by atoms with Crippen LogP contribution < -0.4 is 0 Å². The lowest BCUT2D eigenvalue weighted by molar-refractivity contribution is -0.140. The lowest BCUT2D eigenvalue weighted by Gasteiger charge is -2.27. The third-order valence-corrected chi connectivity index (χ3v) is 4.77. The Hall–Kier alpha value is -1.17. The first-order valence-corrected chi connectivity index (χ1v) is 7.53. The van der Waals surface area contributed by atoms with Crippen molar-refractivity contribution in [1.29, 1.82) is 0 Å². The molecule has 1 heterocycles. The van der Waals surface area contributed by atoms with E-state index in [9.17, 15) is 23.1 Å². The Morgan fingerprint density at radius 1 is 1.30 bits per heavy atom. The second-order valence-corrected chi connectivity index (χ2v) is 6.06. The van der Waals surface area contributed by atoms with Crippen LogP contribution in [-0.2, 0) is 11.0 Å². The molecule has 2 rings (SSSR count). The summed E-state index contributed by atoms with van der Waals surface area (Å²) < 4.78 is 37.5. The highest BCUT2D eigenvalue weighted by Crippen LogP contribution is 2.36. The molecule has 0 spiro atoms. The zero-order valence-electron chi connectivity index (χ0n) is 10.7. The average molecular weight is 304 g/mol.